The fraction of sp³-hybridized carbons (Fsp3) is 0.421. The molecule has 1 aliphatic heterocycles. The van der Waals surface area contributed by atoms with E-state index in [1.807, 2.05) is 18.2 Å². The normalized spacial score (nSPS) is 14.8. The predicted molar refractivity (Wildman–Crippen MR) is 107 cm³/mol. The van der Waals surface area contributed by atoms with Crippen LogP contribution >= 0.6 is 11.6 Å². The standard InChI is InChI=1S/C19H24ClN5O2/c1-27-18(26)17-6-8-22-19(23-17)21-7-3-9-24-10-12-25(13-11-24)16-5-2-4-15(20)14-16/h2,4-6,8,14H,3,7,9-13H2,1H3,(H,21,22,23). The van der Waals surface area contributed by atoms with E-state index in [2.05, 4.69) is 35.9 Å². The molecule has 0 saturated carbocycles. The molecule has 7 nitrogen and oxygen atoms in total. The summed E-state index contributed by atoms with van der Waals surface area (Å²) < 4.78 is 4.67. The van der Waals surface area contributed by atoms with Gasteiger partial charge in [0.2, 0.25) is 5.95 Å². The van der Waals surface area contributed by atoms with E-state index in [4.69, 9.17) is 11.6 Å². The van der Waals surface area contributed by atoms with E-state index >= 15 is 0 Å². The molecule has 2 heterocycles. The molecule has 3 rings (SSSR count). The van der Waals surface area contributed by atoms with E-state index < -0.39 is 5.97 Å². The number of rotatable bonds is 7. The Labute approximate surface area is 164 Å². The van der Waals surface area contributed by atoms with Crippen LogP contribution in [0, 0.1) is 0 Å². The van der Waals surface area contributed by atoms with Crippen LogP contribution in [0.15, 0.2) is 36.5 Å². The van der Waals surface area contributed by atoms with Gasteiger partial charge >= 0.3 is 5.97 Å². The highest BCUT2D eigenvalue weighted by Gasteiger charge is 2.17. The largest absolute Gasteiger partial charge is 0.464 e. The number of anilines is 2. The number of halogens is 1. The minimum Gasteiger partial charge on any atom is -0.464 e. The number of aromatic nitrogens is 2. The van der Waals surface area contributed by atoms with Gasteiger partial charge in [-0.05, 0) is 37.2 Å². The van der Waals surface area contributed by atoms with Crippen molar-refractivity contribution in [2.24, 2.45) is 0 Å². The minimum absolute atomic E-state index is 0.257. The third-order valence-corrected chi connectivity index (χ3v) is 4.77. The number of carbonyl (C=O) groups is 1. The first kappa shape index (κ1) is 19.4. The molecule has 0 amide bonds. The topological polar surface area (TPSA) is 70.6 Å². The van der Waals surface area contributed by atoms with E-state index in [1.165, 1.54) is 18.9 Å². The van der Waals surface area contributed by atoms with Crippen molar-refractivity contribution in [3.05, 3.63) is 47.2 Å². The smallest absolute Gasteiger partial charge is 0.356 e. The Morgan fingerprint density at radius 3 is 2.81 bits per heavy atom. The van der Waals surface area contributed by atoms with E-state index in [0.717, 1.165) is 50.7 Å². The molecule has 144 valence electrons. The fourth-order valence-corrected chi connectivity index (χ4v) is 3.25. The maximum atomic E-state index is 11.5. The molecule has 1 saturated heterocycles. The molecule has 0 unspecified atom stereocenters. The van der Waals surface area contributed by atoms with Gasteiger partial charge in [-0.15, -0.1) is 0 Å². The maximum absolute atomic E-state index is 11.5. The molecule has 1 aromatic heterocycles. The Morgan fingerprint density at radius 2 is 2.07 bits per heavy atom. The Balaban J connectivity index is 1.38. The highest BCUT2D eigenvalue weighted by Crippen LogP contribution is 2.20. The van der Waals surface area contributed by atoms with Crippen molar-refractivity contribution >= 4 is 29.2 Å². The number of methoxy groups -OCH3 is 1. The van der Waals surface area contributed by atoms with Gasteiger partial charge < -0.3 is 15.0 Å². The molecule has 27 heavy (non-hydrogen) atoms. The molecule has 1 aromatic carbocycles. The van der Waals surface area contributed by atoms with Crippen molar-refractivity contribution in [2.45, 2.75) is 6.42 Å². The summed E-state index contributed by atoms with van der Waals surface area (Å²) in [5, 5.41) is 3.94. The molecule has 8 heteroatoms. The van der Waals surface area contributed by atoms with Gasteiger partial charge in [-0.3, -0.25) is 4.90 Å². The monoisotopic (exact) mass is 389 g/mol. The van der Waals surface area contributed by atoms with Crippen molar-refractivity contribution in [3.63, 3.8) is 0 Å². The van der Waals surface area contributed by atoms with Crippen molar-refractivity contribution in [2.75, 3.05) is 56.6 Å². The number of piperazine rings is 1. The second kappa shape index (κ2) is 9.53. The zero-order chi connectivity index (χ0) is 19.1. The summed E-state index contributed by atoms with van der Waals surface area (Å²) in [5.74, 6) is -0.0123. The summed E-state index contributed by atoms with van der Waals surface area (Å²) in [6.07, 6.45) is 2.53. The number of nitrogens with one attached hydrogen (secondary N) is 1. The van der Waals surface area contributed by atoms with E-state index in [-0.39, 0.29) is 5.69 Å². The van der Waals surface area contributed by atoms with Crippen LogP contribution in [-0.4, -0.2) is 67.2 Å². The van der Waals surface area contributed by atoms with Gasteiger partial charge in [0.05, 0.1) is 7.11 Å². The first-order chi connectivity index (χ1) is 13.2. The third kappa shape index (κ3) is 5.55. The summed E-state index contributed by atoms with van der Waals surface area (Å²) in [6.45, 7) is 5.81. The molecular weight excluding hydrogens is 366 g/mol. The molecule has 1 aliphatic rings. The molecule has 1 N–H and O–H groups in total. The third-order valence-electron chi connectivity index (χ3n) is 4.53. The highest BCUT2D eigenvalue weighted by atomic mass is 35.5. The Morgan fingerprint density at radius 1 is 1.26 bits per heavy atom. The zero-order valence-corrected chi connectivity index (χ0v) is 16.2. The van der Waals surface area contributed by atoms with E-state index in [1.54, 1.807) is 6.20 Å². The highest BCUT2D eigenvalue weighted by molar-refractivity contribution is 6.30. The SMILES string of the molecule is COC(=O)c1ccnc(NCCCN2CCN(c3cccc(Cl)c3)CC2)n1. The zero-order valence-electron chi connectivity index (χ0n) is 15.4. The van der Waals surface area contributed by atoms with Crippen LogP contribution in [0.2, 0.25) is 5.02 Å². The van der Waals surface area contributed by atoms with E-state index in [9.17, 15) is 4.79 Å². The van der Waals surface area contributed by atoms with Crippen molar-refractivity contribution in [3.8, 4) is 0 Å². The molecule has 2 aromatic rings. The minimum atomic E-state index is -0.460. The quantitative estimate of drug-likeness (QED) is 0.576. The van der Waals surface area contributed by atoms with Gasteiger partial charge in [-0.25, -0.2) is 14.8 Å². The van der Waals surface area contributed by atoms with Gasteiger partial charge in [0, 0.05) is 49.6 Å². The Hall–Kier alpha value is -2.38. The molecular formula is C19H24ClN5O2. The van der Waals surface area contributed by atoms with Crippen LogP contribution in [0.3, 0.4) is 0 Å². The average molecular weight is 390 g/mol. The van der Waals surface area contributed by atoms with Crippen molar-refractivity contribution < 1.29 is 9.53 Å². The Kier molecular flexibility index (Phi) is 6.84. The molecule has 0 atom stereocenters. The lowest BCUT2D eigenvalue weighted by atomic mass is 10.2. The number of ether oxygens (including phenoxy) is 1. The van der Waals surface area contributed by atoms with Crippen LogP contribution in [0.4, 0.5) is 11.6 Å². The van der Waals surface area contributed by atoms with Gasteiger partial charge in [0.25, 0.3) is 0 Å². The lowest BCUT2D eigenvalue weighted by molar-refractivity contribution is 0.0594. The predicted octanol–water partition coefficient (Wildman–Crippen LogP) is 2.54. The van der Waals surface area contributed by atoms with Crippen LogP contribution in [0.5, 0.6) is 0 Å². The van der Waals surface area contributed by atoms with Crippen LogP contribution in [0.25, 0.3) is 0 Å². The molecule has 1 fully saturated rings. The number of benzene rings is 1. The molecule has 0 bridgehead atoms. The second-order valence-electron chi connectivity index (χ2n) is 6.35. The fourth-order valence-electron chi connectivity index (χ4n) is 3.07. The molecule has 0 spiro atoms. The van der Waals surface area contributed by atoms with Gasteiger partial charge in [0.15, 0.2) is 5.69 Å². The number of carbonyl (C=O) groups excluding carboxylic acids is 1. The second-order valence-corrected chi connectivity index (χ2v) is 6.78. The Bertz CT molecular complexity index is 765. The average Bonchev–Trinajstić information content (AvgIpc) is 2.71. The lowest BCUT2D eigenvalue weighted by Gasteiger charge is -2.36. The molecule has 0 radical (unpaired) electrons. The van der Waals surface area contributed by atoms with Crippen molar-refractivity contribution in [1.29, 1.82) is 0 Å². The van der Waals surface area contributed by atoms with Crippen LogP contribution in [0.1, 0.15) is 16.9 Å². The first-order valence-electron chi connectivity index (χ1n) is 9.04. The van der Waals surface area contributed by atoms with Crippen molar-refractivity contribution in [1.82, 2.24) is 14.9 Å². The van der Waals surface area contributed by atoms with Crippen LogP contribution in [-0.2, 0) is 4.74 Å². The van der Waals surface area contributed by atoms with Gasteiger partial charge in [-0.2, -0.15) is 0 Å². The summed E-state index contributed by atoms with van der Waals surface area (Å²) in [5.41, 5.74) is 1.44. The molecule has 0 aliphatic carbocycles. The summed E-state index contributed by atoms with van der Waals surface area (Å²) >= 11 is 6.08. The van der Waals surface area contributed by atoms with Gasteiger partial charge in [-0.1, -0.05) is 17.7 Å². The summed E-state index contributed by atoms with van der Waals surface area (Å²) in [7, 11) is 1.34. The summed E-state index contributed by atoms with van der Waals surface area (Å²) in [4.78, 5) is 24.6. The number of hydrogen-bond acceptors (Lipinski definition) is 7. The van der Waals surface area contributed by atoms with Crippen LogP contribution < -0.4 is 10.2 Å². The maximum Gasteiger partial charge on any atom is 0.356 e. The van der Waals surface area contributed by atoms with E-state index in [0.29, 0.717) is 5.95 Å². The number of esters is 1. The lowest BCUT2D eigenvalue weighted by Crippen LogP contribution is -2.46. The summed E-state index contributed by atoms with van der Waals surface area (Å²) in [6, 6.07) is 9.56. The number of nitrogens with zero attached hydrogens (tertiary/aromatic N) is 4. The van der Waals surface area contributed by atoms with Gasteiger partial charge in [0.1, 0.15) is 0 Å². The number of hydrogen-bond donors (Lipinski definition) is 1. The first-order valence-corrected chi connectivity index (χ1v) is 9.41.